The Kier molecular flexibility index (Phi) is 7.42. The van der Waals surface area contributed by atoms with Crippen molar-refractivity contribution in [3.63, 3.8) is 0 Å². The number of hydrogen-bond acceptors (Lipinski definition) is 7. The molecule has 2 aliphatic rings. The van der Waals surface area contributed by atoms with Gasteiger partial charge in [-0.3, -0.25) is 4.79 Å². The molecule has 1 aromatic carbocycles. The molecule has 0 saturated heterocycles. The summed E-state index contributed by atoms with van der Waals surface area (Å²) in [4.78, 5) is 38.4. The lowest BCUT2D eigenvalue weighted by Crippen LogP contribution is -2.38. The number of methoxy groups -OCH3 is 1. The first-order valence-corrected chi connectivity index (χ1v) is 11.2. The van der Waals surface area contributed by atoms with Crippen molar-refractivity contribution >= 4 is 17.7 Å². The summed E-state index contributed by atoms with van der Waals surface area (Å²) >= 11 is 0. The fourth-order valence-electron chi connectivity index (χ4n) is 4.47. The van der Waals surface area contributed by atoms with E-state index in [0.29, 0.717) is 41.9 Å². The lowest BCUT2D eigenvalue weighted by Gasteiger charge is -2.39. The van der Waals surface area contributed by atoms with Gasteiger partial charge in [-0.2, -0.15) is 0 Å². The molecule has 0 saturated carbocycles. The van der Waals surface area contributed by atoms with Gasteiger partial charge in [0.15, 0.2) is 5.78 Å². The Morgan fingerprint density at radius 2 is 1.76 bits per heavy atom. The molecule has 3 rings (SSSR count). The molecule has 1 aliphatic carbocycles. The van der Waals surface area contributed by atoms with Gasteiger partial charge in [0.25, 0.3) is 0 Å². The van der Waals surface area contributed by atoms with Gasteiger partial charge in [0.2, 0.25) is 0 Å². The van der Waals surface area contributed by atoms with Crippen LogP contribution in [0.25, 0.3) is 0 Å². The molecule has 1 aliphatic heterocycles. The highest BCUT2D eigenvalue weighted by molar-refractivity contribution is 6.04. The molecule has 0 radical (unpaired) electrons. The molecule has 1 atom stereocenters. The van der Waals surface area contributed by atoms with Crippen LogP contribution in [0.5, 0.6) is 0 Å². The number of hydrogen-bond donors (Lipinski definition) is 1. The lowest BCUT2D eigenvalue weighted by atomic mass is 9.68. The van der Waals surface area contributed by atoms with Crippen LogP contribution in [0.4, 0.5) is 0 Å². The zero-order valence-electron chi connectivity index (χ0n) is 20.2. The van der Waals surface area contributed by atoms with E-state index in [9.17, 15) is 14.4 Å². The van der Waals surface area contributed by atoms with Gasteiger partial charge < -0.3 is 19.5 Å². The third-order valence-electron chi connectivity index (χ3n) is 5.89. The first-order chi connectivity index (χ1) is 15.5. The molecule has 1 heterocycles. The van der Waals surface area contributed by atoms with E-state index in [1.54, 1.807) is 24.3 Å². The number of carbonyl (C=O) groups excluding carboxylic acids is 3. The average Bonchev–Trinajstić information content (AvgIpc) is 2.74. The van der Waals surface area contributed by atoms with Crippen LogP contribution in [0.3, 0.4) is 0 Å². The summed E-state index contributed by atoms with van der Waals surface area (Å²) in [6.07, 6.45) is 1.14. The SMILES string of the molecule is COC(=O)c1ccc([C@@H]2C(C(=O)OCCOC(C)C)=C(C)NC3=C2C(=O)CC(C)(C)C3)cc1. The van der Waals surface area contributed by atoms with Crippen molar-refractivity contribution < 1.29 is 28.6 Å². The average molecular weight is 456 g/mol. The minimum atomic E-state index is -0.574. The number of nitrogens with one attached hydrogen (secondary N) is 1. The van der Waals surface area contributed by atoms with Gasteiger partial charge in [-0.25, -0.2) is 9.59 Å². The maximum Gasteiger partial charge on any atom is 0.337 e. The van der Waals surface area contributed by atoms with E-state index in [4.69, 9.17) is 14.2 Å². The molecule has 0 unspecified atom stereocenters. The van der Waals surface area contributed by atoms with Gasteiger partial charge in [-0.1, -0.05) is 26.0 Å². The molecule has 33 heavy (non-hydrogen) atoms. The van der Waals surface area contributed by atoms with Gasteiger partial charge in [-0.15, -0.1) is 0 Å². The number of benzene rings is 1. The van der Waals surface area contributed by atoms with Crippen LogP contribution in [0, 0.1) is 5.41 Å². The molecular weight excluding hydrogens is 422 g/mol. The fraction of sp³-hybridized carbons (Fsp3) is 0.500. The van der Waals surface area contributed by atoms with Crippen LogP contribution in [0.2, 0.25) is 0 Å². The number of rotatable bonds is 7. The van der Waals surface area contributed by atoms with Gasteiger partial charge in [0.1, 0.15) is 6.61 Å². The highest BCUT2D eigenvalue weighted by Gasteiger charge is 2.43. The van der Waals surface area contributed by atoms with Crippen LogP contribution >= 0.6 is 0 Å². The molecule has 7 heteroatoms. The number of allylic oxidation sites excluding steroid dienone is 3. The quantitative estimate of drug-likeness (QED) is 0.490. The van der Waals surface area contributed by atoms with Gasteiger partial charge >= 0.3 is 11.9 Å². The van der Waals surface area contributed by atoms with E-state index in [-0.39, 0.29) is 23.9 Å². The predicted octanol–water partition coefficient (Wildman–Crippen LogP) is 4.05. The van der Waals surface area contributed by atoms with Crippen LogP contribution in [0.15, 0.2) is 46.8 Å². The highest BCUT2D eigenvalue weighted by Crippen LogP contribution is 2.46. The van der Waals surface area contributed by atoms with Crippen LogP contribution in [-0.4, -0.2) is 44.1 Å². The minimum Gasteiger partial charge on any atom is -0.465 e. The van der Waals surface area contributed by atoms with E-state index in [2.05, 4.69) is 19.2 Å². The van der Waals surface area contributed by atoms with E-state index >= 15 is 0 Å². The Labute approximate surface area is 195 Å². The number of carbonyl (C=O) groups is 3. The summed E-state index contributed by atoms with van der Waals surface area (Å²) in [6, 6.07) is 6.83. The van der Waals surface area contributed by atoms with Crippen LogP contribution < -0.4 is 5.32 Å². The first-order valence-electron chi connectivity index (χ1n) is 11.2. The summed E-state index contributed by atoms with van der Waals surface area (Å²) in [6.45, 7) is 10.2. The van der Waals surface area contributed by atoms with Gasteiger partial charge in [0.05, 0.1) is 31.0 Å². The van der Waals surface area contributed by atoms with Crippen molar-refractivity contribution in [3.8, 4) is 0 Å². The molecule has 0 spiro atoms. The molecule has 0 fully saturated rings. The van der Waals surface area contributed by atoms with Crippen LogP contribution in [-0.2, 0) is 23.8 Å². The number of dihydropyridines is 1. The standard InChI is InChI=1S/C26H33NO6/c1-15(2)32-11-12-33-25(30)21-16(3)27-19-13-26(4,5)14-20(28)23(19)22(21)17-7-9-18(10-8-17)24(29)31-6/h7-10,15,22,27H,11-14H2,1-6H3/t22-/m1/s1. The molecule has 0 amide bonds. The van der Waals surface area contributed by atoms with Gasteiger partial charge in [-0.05, 0) is 50.3 Å². The second-order valence-corrected chi connectivity index (χ2v) is 9.60. The molecule has 1 aromatic rings. The molecule has 0 aromatic heterocycles. The first kappa shape index (κ1) is 24.7. The number of Topliss-reactive ketones (excluding diaryl/α,β-unsaturated/α-hetero) is 1. The van der Waals surface area contributed by atoms with Crippen molar-refractivity contribution in [2.24, 2.45) is 5.41 Å². The predicted molar refractivity (Wildman–Crippen MR) is 123 cm³/mol. The Bertz CT molecular complexity index is 1000. The third-order valence-corrected chi connectivity index (χ3v) is 5.89. The fourth-order valence-corrected chi connectivity index (χ4v) is 4.47. The maximum atomic E-state index is 13.3. The molecule has 178 valence electrons. The lowest BCUT2D eigenvalue weighted by molar-refractivity contribution is -0.141. The number of esters is 2. The third kappa shape index (κ3) is 5.53. The summed E-state index contributed by atoms with van der Waals surface area (Å²) < 4.78 is 15.8. The second-order valence-electron chi connectivity index (χ2n) is 9.60. The number of ketones is 1. The summed E-state index contributed by atoms with van der Waals surface area (Å²) in [7, 11) is 1.33. The number of ether oxygens (including phenoxy) is 3. The molecule has 0 bridgehead atoms. The minimum absolute atomic E-state index is 0.0109. The van der Waals surface area contributed by atoms with Crippen LogP contribution in [0.1, 0.15) is 69.3 Å². The highest BCUT2D eigenvalue weighted by atomic mass is 16.6. The summed E-state index contributed by atoms with van der Waals surface area (Å²) in [5.41, 5.74) is 3.47. The second kappa shape index (κ2) is 9.91. The topological polar surface area (TPSA) is 90.9 Å². The van der Waals surface area contributed by atoms with E-state index < -0.39 is 17.9 Å². The van der Waals surface area contributed by atoms with E-state index in [1.165, 1.54) is 7.11 Å². The van der Waals surface area contributed by atoms with Crippen molar-refractivity contribution in [2.45, 2.75) is 59.5 Å². The normalized spacial score (nSPS) is 19.8. The Hall–Kier alpha value is -2.93. The zero-order valence-corrected chi connectivity index (χ0v) is 20.2. The molecule has 7 nitrogen and oxygen atoms in total. The van der Waals surface area contributed by atoms with Crippen molar-refractivity contribution in [1.82, 2.24) is 5.32 Å². The monoisotopic (exact) mass is 455 g/mol. The van der Waals surface area contributed by atoms with Crippen molar-refractivity contribution in [1.29, 1.82) is 0 Å². The Balaban J connectivity index is 2.00. The van der Waals surface area contributed by atoms with E-state index in [0.717, 1.165) is 11.3 Å². The van der Waals surface area contributed by atoms with Crippen molar-refractivity contribution in [2.75, 3.05) is 20.3 Å². The van der Waals surface area contributed by atoms with E-state index in [1.807, 2.05) is 20.8 Å². The van der Waals surface area contributed by atoms with Crippen molar-refractivity contribution in [3.05, 3.63) is 57.9 Å². The largest absolute Gasteiger partial charge is 0.465 e. The Morgan fingerprint density at radius 1 is 1.09 bits per heavy atom. The zero-order chi connectivity index (χ0) is 24.3. The summed E-state index contributed by atoms with van der Waals surface area (Å²) in [5, 5.41) is 3.31. The Morgan fingerprint density at radius 3 is 2.36 bits per heavy atom. The summed E-state index contributed by atoms with van der Waals surface area (Å²) in [5.74, 6) is -1.50. The molecular formula is C26H33NO6. The molecule has 1 N–H and O–H groups in total. The smallest absolute Gasteiger partial charge is 0.337 e. The maximum absolute atomic E-state index is 13.3. The van der Waals surface area contributed by atoms with Gasteiger partial charge in [0, 0.05) is 29.3 Å².